The molecule has 1 aliphatic carbocycles. The number of nitrogens with one attached hydrogen (secondary N) is 1. The number of fused-ring (bicyclic) bond motifs is 1. The van der Waals surface area contributed by atoms with Gasteiger partial charge in [0.1, 0.15) is 5.82 Å². The quantitative estimate of drug-likeness (QED) is 0.858. The maximum atomic E-state index is 13.2. The highest BCUT2D eigenvalue weighted by Gasteiger charge is 2.39. The topological polar surface area (TPSA) is 62.3 Å². The van der Waals surface area contributed by atoms with Crippen LogP contribution in [0.25, 0.3) is 0 Å². The van der Waals surface area contributed by atoms with Crippen LogP contribution in [0, 0.1) is 5.82 Å². The summed E-state index contributed by atoms with van der Waals surface area (Å²) in [5.41, 5.74) is 2.01. The van der Waals surface area contributed by atoms with Gasteiger partial charge in [-0.1, -0.05) is 31.4 Å². The van der Waals surface area contributed by atoms with Crippen LogP contribution in [0.5, 0.6) is 0 Å². The number of carbonyl (C=O) groups is 2. The van der Waals surface area contributed by atoms with E-state index in [2.05, 4.69) is 10.3 Å². The van der Waals surface area contributed by atoms with Crippen LogP contribution in [0.15, 0.2) is 42.6 Å². The van der Waals surface area contributed by atoms with Crippen LogP contribution in [0.2, 0.25) is 0 Å². The summed E-state index contributed by atoms with van der Waals surface area (Å²) in [6.45, 7) is 0.316. The Bertz CT molecular complexity index is 862. The van der Waals surface area contributed by atoms with Gasteiger partial charge in [-0.2, -0.15) is 0 Å². The summed E-state index contributed by atoms with van der Waals surface area (Å²) in [5.74, 6) is -0.500. The van der Waals surface area contributed by atoms with Gasteiger partial charge in [-0.05, 0) is 42.7 Å². The van der Waals surface area contributed by atoms with Gasteiger partial charge in [0.25, 0.3) is 5.91 Å². The number of amides is 2. The predicted molar refractivity (Wildman–Crippen MR) is 103 cm³/mol. The van der Waals surface area contributed by atoms with Crippen molar-refractivity contribution in [3.63, 3.8) is 0 Å². The van der Waals surface area contributed by atoms with Gasteiger partial charge in [-0.15, -0.1) is 0 Å². The average Bonchev–Trinajstić information content (AvgIpc) is 2.96. The molecule has 0 spiro atoms. The van der Waals surface area contributed by atoms with E-state index in [0.717, 1.165) is 31.2 Å². The average molecular weight is 381 g/mol. The molecule has 2 heterocycles. The second-order valence-electron chi connectivity index (χ2n) is 7.62. The third-order valence-electron chi connectivity index (χ3n) is 5.64. The standard InChI is InChI=1S/C22H24FN3O2/c23-16-10-8-15(9-11-16)14-26-19(21-18(22(26)28)7-4-12-24-21)13-20(27)25-17-5-2-1-3-6-17/h4,7-12,17,19H,1-3,5-6,13-14H2,(H,25,27). The number of carbonyl (C=O) groups excluding carboxylic acids is 2. The van der Waals surface area contributed by atoms with Crippen molar-refractivity contribution in [2.24, 2.45) is 0 Å². The molecule has 5 nitrogen and oxygen atoms in total. The first-order valence-corrected chi connectivity index (χ1v) is 9.91. The highest BCUT2D eigenvalue weighted by Crippen LogP contribution is 2.35. The molecule has 0 bridgehead atoms. The van der Waals surface area contributed by atoms with E-state index >= 15 is 0 Å². The zero-order chi connectivity index (χ0) is 19.5. The van der Waals surface area contributed by atoms with Crippen molar-refractivity contribution >= 4 is 11.8 Å². The molecular formula is C22H24FN3O2. The van der Waals surface area contributed by atoms with E-state index in [-0.39, 0.29) is 30.1 Å². The van der Waals surface area contributed by atoms with Crippen molar-refractivity contribution in [1.82, 2.24) is 15.2 Å². The Morgan fingerprint density at radius 1 is 1.14 bits per heavy atom. The smallest absolute Gasteiger partial charge is 0.256 e. The second kappa shape index (κ2) is 8.09. The summed E-state index contributed by atoms with van der Waals surface area (Å²) in [6, 6.07) is 9.40. The number of hydrogen-bond acceptors (Lipinski definition) is 3. The van der Waals surface area contributed by atoms with Crippen molar-refractivity contribution in [3.8, 4) is 0 Å². The van der Waals surface area contributed by atoms with Gasteiger partial charge in [0.2, 0.25) is 5.91 Å². The lowest BCUT2D eigenvalue weighted by Crippen LogP contribution is -2.38. The predicted octanol–water partition coefficient (Wildman–Crippen LogP) is 3.76. The van der Waals surface area contributed by atoms with E-state index in [4.69, 9.17) is 0 Å². The highest BCUT2D eigenvalue weighted by molar-refractivity contribution is 5.99. The molecule has 1 saturated carbocycles. The molecule has 0 saturated heterocycles. The van der Waals surface area contributed by atoms with Crippen LogP contribution in [0.4, 0.5) is 4.39 Å². The Kier molecular flexibility index (Phi) is 5.37. The van der Waals surface area contributed by atoms with Gasteiger partial charge in [0.15, 0.2) is 0 Å². The molecule has 2 aromatic rings. The van der Waals surface area contributed by atoms with Crippen LogP contribution in [-0.4, -0.2) is 27.7 Å². The van der Waals surface area contributed by atoms with E-state index in [0.29, 0.717) is 17.8 Å². The Morgan fingerprint density at radius 3 is 2.64 bits per heavy atom. The first-order chi connectivity index (χ1) is 13.6. The summed E-state index contributed by atoms with van der Waals surface area (Å²) in [7, 11) is 0. The number of nitrogens with zero attached hydrogens (tertiary/aromatic N) is 2. The minimum absolute atomic E-state index is 0.0488. The molecular weight excluding hydrogens is 357 g/mol. The van der Waals surface area contributed by atoms with Crippen LogP contribution >= 0.6 is 0 Å². The van der Waals surface area contributed by atoms with Gasteiger partial charge >= 0.3 is 0 Å². The number of aromatic nitrogens is 1. The van der Waals surface area contributed by atoms with Crippen LogP contribution in [-0.2, 0) is 11.3 Å². The number of pyridine rings is 1. The minimum Gasteiger partial charge on any atom is -0.353 e. The molecule has 1 atom stereocenters. The molecule has 1 unspecified atom stereocenters. The number of hydrogen-bond donors (Lipinski definition) is 1. The SMILES string of the molecule is O=C(CC1c2ncccc2C(=O)N1Cc1ccc(F)cc1)NC1CCCCC1. The van der Waals surface area contributed by atoms with E-state index in [9.17, 15) is 14.0 Å². The Labute approximate surface area is 164 Å². The molecule has 2 aliphatic rings. The monoisotopic (exact) mass is 381 g/mol. The molecule has 28 heavy (non-hydrogen) atoms. The van der Waals surface area contributed by atoms with Crippen molar-refractivity contribution in [2.45, 2.75) is 57.2 Å². The normalized spacial score (nSPS) is 19.5. The van der Waals surface area contributed by atoms with E-state index in [1.54, 1.807) is 35.4 Å². The molecule has 0 radical (unpaired) electrons. The summed E-state index contributed by atoms with van der Waals surface area (Å²) in [5, 5.41) is 3.13. The summed E-state index contributed by atoms with van der Waals surface area (Å²) in [4.78, 5) is 31.7. The maximum Gasteiger partial charge on any atom is 0.256 e. The maximum absolute atomic E-state index is 13.2. The van der Waals surface area contributed by atoms with Gasteiger partial charge in [0.05, 0.1) is 23.7 Å². The first kappa shape index (κ1) is 18.6. The largest absolute Gasteiger partial charge is 0.353 e. The fraction of sp³-hybridized carbons (Fsp3) is 0.409. The molecule has 6 heteroatoms. The van der Waals surface area contributed by atoms with E-state index in [1.807, 2.05) is 0 Å². The van der Waals surface area contributed by atoms with Crippen LogP contribution in [0.1, 0.15) is 66.2 Å². The van der Waals surface area contributed by atoms with Crippen molar-refractivity contribution < 1.29 is 14.0 Å². The number of rotatable bonds is 5. The molecule has 1 aliphatic heterocycles. The van der Waals surface area contributed by atoms with Crippen molar-refractivity contribution in [1.29, 1.82) is 0 Å². The van der Waals surface area contributed by atoms with E-state index < -0.39 is 6.04 Å². The van der Waals surface area contributed by atoms with Crippen LogP contribution in [0.3, 0.4) is 0 Å². The fourth-order valence-corrected chi connectivity index (χ4v) is 4.19. The highest BCUT2D eigenvalue weighted by atomic mass is 19.1. The summed E-state index contributed by atoms with van der Waals surface area (Å²) in [6.07, 6.45) is 7.40. The second-order valence-corrected chi connectivity index (χ2v) is 7.62. The Morgan fingerprint density at radius 2 is 1.89 bits per heavy atom. The molecule has 1 N–H and O–H groups in total. The molecule has 1 aromatic carbocycles. The van der Waals surface area contributed by atoms with Gasteiger partial charge in [0, 0.05) is 18.8 Å². The van der Waals surface area contributed by atoms with Crippen molar-refractivity contribution in [2.75, 3.05) is 0 Å². The summed E-state index contributed by atoms with van der Waals surface area (Å²) >= 11 is 0. The lowest BCUT2D eigenvalue weighted by molar-refractivity contribution is -0.123. The summed E-state index contributed by atoms with van der Waals surface area (Å²) < 4.78 is 13.2. The Hall–Kier alpha value is -2.76. The zero-order valence-electron chi connectivity index (χ0n) is 15.7. The van der Waals surface area contributed by atoms with Crippen LogP contribution < -0.4 is 5.32 Å². The van der Waals surface area contributed by atoms with Gasteiger partial charge in [-0.25, -0.2) is 4.39 Å². The van der Waals surface area contributed by atoms with E-state index in [1.165, 1.54) is 18.6 Å². The molecule has 4 rings (SSSR count). The van der Waals surface area contributed by atoms with Gasteiger partial charge in [-0.3, -0.25) is 14.6 Å². The fourth-order valence-electron chi connectivity index (χ4n) is 4.19. The Balaban J connectivity index is 1.53. The lowest BCUT2D eigenvalue weighted by atomic mass is 9.95. The molecule has 1 aromatic heterocycles. The number of halogens is 1. The van der Waals surface area contributed by atoms with Gasteiger partial charge < -0.3 is 10.2 Å². The molecule has 1 fully saturated rings. The number of benzene rings is 1. The molecule has 2 amide bonds. The first-order valence-electron chi connectivity index (χ1n) is 9.91. The lowest BCUT2D eigenvalue weighted by Gasteiger charge is -2.27. The molecule has 146 valence electrons. The zero-order valence-corrected chi connectivity index (χ0v) is 15.7. The van der Waals surface area contributed by atoms with Crippen molar-refractivity contribution in [3.05, 3.63) is 65.2 Å². The minimum atomic E-state index is -0.405. The third-order valence-corrected chi connectivity index (χ3v) is 5.64. The third kappa shape index (κ3) is 3.91.